The normalized spacial score (nSPS) is 14.6. The van der Waals surface area contributed by atoms with Crippen LogP contribution in [0.5, 0.6) is 0 Å². The Hall–Kier alpha value is -0.600. The fourth-order valence-corrected chi connectivity index (χ4v) is 2.43. The smallest absolute Gasteiger partial charge is 0.123 e. The molecule has 0 aliphatic rings. The van der Waals surface area contributed by atoms with Gasteiger partial charge in [0.2, 0.25) is 0 Å². The molecule has 0 bridgehead atoms. The summed E-state index contributed by atoms with van der Waals surface area (Å²) in [6, 6.07) is 4.68. The molecule has 0 radical (unpaired) electrons. The van der Waals surface area contributed by atoms with E-state index < -0.39 is 0 Å². The molecule has 0 amide bonds. The molecule has 3 heteroatoms. The summed E-state index contributed by atoms with van der Waals surface area (Å²) in [6.45, 7) is 4.36. The summed E-state index contributed by atoms with van der Waals surface area (Å²) >= 11 is 6.14. The molecule has 2 atom stereocenters. The topological polar surface area (TPSA) is 12.0 Å². The molecule has 1 aromatic rings. The quantitative estimate of drug-likeness (QED) is 0.787. The number of hydrogen-bond donors (Lipinski definition) is 1. The summed E-state index contributed by atoms with van der Waals surface area (Å²) in [5.74, 6) is 0.214. The molecule has 0 aliphatic carbocycles. The first-order valence-corrected chi connectivity index (χ1v) is 6.60. The lowest BCUT2D eigenvalue weighted by Crippen LogP contribution is -2.24. The Bertz CT molecular complexity index is 354. The minimum absolute atomic E-state index is 0.116. The Morgan fingerprint density at radius 1 is 1.41 bits per heavy atom. The molecule has 1 N–H and O–H groups in total. The molecule has 2 unspecified atom stereocenters. The van der Waals surface area contributed by atoms with Gasteiger partial charge >= 0.3 is 0 Å². The number of halogens is 2. The third kappa shape index (κ3) is 3.97. The first-order chi connectivity index (χ1) is 8.10. The molecule has 0 aromatic heterocycles. The van der Waals surface area contributed by atoms with Crippen LogP contribution in [-0.4, -0.2) is 7.05 Å². The van der Waals surface area contributed by atoms with E-state index in [9.17, 15) is 4.39 Å². The van der Waals surface area contributed by atoms with Gasteiger partial charge < -0.3 is 5.32 Å². The molecule has 1 rings (SSSR count). The van der Waals surface area contributed by atoms with Crippen molar-refractivity contribution in [2.24, 2.45) is 5.92 Å². The van der Waals surface area contributed by atoms with E-state index in [0.29, 0.717) is 10.9 Å². The van der Waals surface area contributed by atoms with Crippen LogP contribution in [0.4, 0.5) is 4.39 Å². The van der Waals surface area contributed by atoms with Crippen LogP contribution >= 0.6 is 11.6 Å². The summed E-state index contributed by atoms with van der Waals surface area (Å²) in [4.78, 5) is 0. The van der Waals surface area contributed by atoms with Gasteiger partial charge in [-0.15, -0.1) is 0 Å². The van der Waals surface area contributed by atoms with E-state index in [1.807, 2.05) is 7.05 Å². The second-order valence-corrected chi connectivity index (χ2v) is 4.96. The summed E-state index contributed by atoms with van der Waals surface area (Å²) in [5.41, 5.74) is 0.859. The van der Waals surface area contributed by atoms with Gasteiger partial charge in [-0.25, -0.2) is 4.39 Å². The minimum atomic E-state index is -0.229. The lowest BCUT2D eigenvalue weighted by molar-refractivity contribution is 0.376. The standard InChI is InChI=1S/C14H21ClFN/c1-4-5-6-10(2)14(17-3)12-9-11(16)7-8-13(12)15/h7-10,14,17H,4-6H2,1-3H3. The third-order valence-corrected chi connectivity index (χ3v) is 3.53. The van der Waals surface area contributed by atoms with Crippen molar-refractivity contribution < 1.29 is 4.39 Å². The molecule has 17 heavy (non-hydrogen) atoms. The summed E-state index contributed by atoms with van der Waals surface area (Å²) in [5, 5.41) is 3.88. The Morgan fingerprint density at radius 2 is 2.12 bits per heavy atom. The van der Waals surface area contributed by atoms with E-state index in [1.54, 1.807) is 6.07 Å². The zero-order chi connectivity index (χ0) is 12.8. The van der Waals surface area contributed by atoms with Crippen molar-refractivity contribution in [3.8, 4) is 0 Å². The molecule has 1 aromatic carbocycles. The first-order valence-electron chi connectivity index (χ1n) is 6.22. The summed E-state index contributed by atoms with van der Waals surface area (Å²) in [7, 11) is 1.90. The van der Waals surface area contributed by atoms with Gasteiger partial charge in [-0.3, -0.25) is 0 Å². The third-order valence-electron chi connectivity index (χ3n) is 3.19. The highest BCUT2D eigenvalue weighted by atomic mass is 35.5. The molecule has 1 nitrogen and oxygen atoms in total. The number of benzene rings is 1. The lowest BCUT2D eigenvalue weighted by atomic mass is 9.90. The van der Waals surface area contributed by atoms with Gasteiger partial charge in [-0.2, -0.15) is 0 Å². The largest absolute Gasteiger partial charge is 0.313 e. The van der Waals surface area contributed by atoms with E-state index in [1.165, 1.54) is 25.0 Å². The molecule has 0 spiro atoms. The van der Waals surface area contributed by atoms with Crippen LogP contribution < -0.4 is 5.32 Å². The van der Waals surface area contributed by atoms with Crippen molar-refractivity contribution in [1.29, 1.82) is 0 Å². The second-order valence-electron chi connectivity index (χ2n) is 4.55. The molecule has 96 valence electrons. The fraction of sp³-hybridized carbons (Fsp3) is 0.571. The van der Waals surface area contributed by atoms with Crippen molar-refractivity contribution in [2.45, 2.75) is 39.2 Å². The van der Waals surface area contributed by atoms with E-state index >= 15 is 0 Å². The highest BCUT2D eigenvalue weighted by Gasteiger charge is 2.20. The zero-order valence-corrected chi connectivity index (χ0v) is 11.5. The van der Waals surface area contributed by atoms with Crippen LogP contribution in [0.25, 0.3) is 0 Å². The zero-order valence-electron chi connectivity index (χ0n) is 10.8. The van der Waals surface area contributed by atoms with Crippen molar-refractivity contribution in [3.63, 3.8) is 0 Å². The molecule has 0 aliphatic heterocycles. The lowest BCUT2D eigenvalue weighted by Gasteiger charge is -2.25. The number of hydrogen-bond acceptors (Lipinski definition) is 1. The number of unbranched alkanes of at least 4 members (excludes halogenated alkanes) is 1. The Morgan fingerprint density at radius 3 is 2.71 bits per heavy atom. The molecule has 0 saturated heterocycles. The van der Waals surface area contributed by atoms with E-state index in [2.05, 4.69) is 19.2 Å². The second kappa shape index (κ2) is 6.97. The molecule has 0 fully saturated rings. The van der Waals surface area contributed by atoms with Crippen molar-refractivity contribution in [3.05, 3.63) is 34.6 Å². The van der Waals surface area contributed by atoms with Gasteiger partial charge in [0.1, 0.15) is 5.82 Å². The minimum Gasteiger partial charge on any atom is -0.313 e. The van der Waals surface area contributed by atoms with Crippen LogP contribution in [0.3, 0.4) is 0 Å². The van der Waals surface area contributed by atoms with Gasteiger partial charge in [0.05, 0.1) is 0 Å². The maximum atomic E-state index is 13.3. The molecule has 0 heterocycles. The molecular weight excluding hydrogens is 237 g/mol. The van der Waals surface area contributed by atoms with Gasteiger partial charge in [0.25, 0.3) is 0 Å². The summed E-state index contributed by atoms with van der Waals surface area (Å²) in [6.07, 6.45) is 3.48. The van der Waals surface area contributed by atoms with Crippen LogP contribution in [0.2, 0.25) is 5.02 Å². The predicted octanol–water partition coefficient (Wildman–Crippen LogP) is 4.57. The molecular formula is C14H21ClFN. The summed E-state index contributed by atoms with van der Waals surface area (Å²) < 4.78 is 13.3. The van der Waals surface area contributed by atoms with Crippen LogP contribution in [-0.2, 0) is 0 Å². The highest BCUT2D eigenvalue weighted by Crippen LogP contribution is 2.31. The first kappa shape index (κ1) is 14.5. The Kier molecular flexibility index (Phi) is 5.93. The van der Waals surface area contributed by atoms with E-state index in [4.69, 9.17) is 11.6 Å². The van der Waals surface area contributed by atoms with Gasteiger partial charge in [-0.05, 0) is 43.1 Å². The van der Waals surface area contributed by atoms with Crippen molar-refractivity contribution >= 4 is 11.6 Å². The van der Waals surface area contributed by atoms with E-state index in [-0.39, 0.29) is 11.9 Å². The monoisotopic (exact) mass is 257 g/mol. The average molecular weight is 258 g/mol. The van der Waals surface area contributed by atoms with Crippen molar-refractivity contribution in [2.75, 3.05) is 7.05 Å². The number of nitrogens with one attached hydrogen (secondary N) is 1. The Labute approximate surface area is 108 Å². The maximum absolute atomic E-state index is 13.3. The van der Waals surface area contributed by atoms with E-state index in [0.717, 1.165) is 12.0 Å². The average Bonchev–Trinajstić information content (AvgIpc) is 2.32. The van der Waals surface area contributed by atoms with Crippen LogP contribution in [0, 0.1) is 11.7 Å². The van der Waals surface area contributed by atoms with Gasteiger partial charge in [0, 0.05) is 11.1 Å². The van der Waals surface area contributed by atoms with Crippen LogP contribution in [0.15, 0.2) is 18.2 Å². The predicted molar refractivity (Wildman–Crippen MR) is 71.9 cm³/mol. The van der Waals surface area contributed by atoms with Crippen LogP contribution in [0.1, 0.15) is 44.7 Å². The van der Waals surface area contributed by atoms with Crippen molar-refractivity contribution in [1.82, 2.24) is 5.32 Å². The Balaban J connectivity index is 2.88. The molecule has 0 saturated carbocycles. The fourth-order valence-electron chi connectivity index (χ4n) is 2.19. The van der Waals surface area contributed by atoms with Gasteiger partial charge in [-0.1, -0.05) is 38.3 Å². The van der Waals surface area contributed by atoms with Gasteiger partial charge in [0.15, 0.2) is 0 Å². The maximum Gasteiger partial charge on any atom is 0.123 e. The number of rotatable bonds is 6. The SMILES string of the molecule is CCCCC(C)C(NC)c1cc(F)ccc1Cl. The highest BCUT2D eigenvalue weighted by molar-refractivity contribution is 6.31.